The zero-order valence-electron chi connectivity index (χ0n) is 11.2. The van der Waals surface area contributed by atoms with Gasteiger partial charge >= 0.3 is 0 Å². The topological polar surface area (TPSA) is 37.4 Å². The first-order valence-electron chi connectivity index (χ1n) is 6.73. The van der Waals surface area contributed by atoms with Crippen molar-refractivity contribution in [3.8, 4) is 0 Å². The SMILES string of the molecule is CCCN(CC1CC1)S(=O)(=O)c1ccccc1CCl. The Kier molecular flexibility index (Phi) is 4.87. The molecule has 0 heterocycles. The van der Waals surface area contributed by atoms with Crippen molar-refractivity contribution in [3.63, 3.8) is 0 Å². The van der Waals surface area contributed by atoms with Gasteiger partial charge in [-0.15, -0.1) is 11.6 Å². The van der Waals surface area contributed by atoms with Gasteiger partial charge in [0.2, 0.25) is 10.0 Å². The molecule has 0 amide bonds. The second-order valence-corrected chi connectivity index (χ2v) is 7.22. The predicted octanol–water partition coefficient (Wildman–Crippen LogP) is 3.24. The van der Waals surface area contributed by atoms with E-state index in [1.165, 1.54) is 0 Å². The van der Waals surface area contributed by atoms with E-state index in [9.17, 15) is 8.42 Å². The molecule has 1 fully saturated rings. The molecule has 2 rings (SSSR count). The fourth-order valence-electron chi connectivity index (χ4n) is 2.15. The monoisotopic (exact) mass is 301 g/mol. The lowest BCUT2D eigenvalue weighted by atomic mass is 10.2. The van der Waals surface area contributed by atoms with Gasteiger partial charge in [0.1, 0.15) is 0 Å². The van der Waals surface area contributed by atoms with Crippen LogP contribution < -0.4 is 0 Å². The van der Waals surface area contributed by atoms with Crippen LogP contribution in [0.4, 0.5) is 0 Å². The Morgan fingerprint density at radius 3 is 2.58 bits per heavy atom. The van der Waals surface area contributed by atoms with E-state index in [1.807, 2.05) is 13.0 Å². The molecule has 0 saturated heterocycles. The molecule has 0 aromatic heterocycles. The maximum Gasteiger partial charge on any atom is 0.243 e. The zero-order chi connectivity index (χ0) is 13.9. The molecular formula is C14H20ClNO2S. The van der Waals surface area contributed by atoms with Gasteiger partial charge in [-0.2, -0.15) is 4.31 Å². The first-order chi connectivity index (χ1) is 9.09. The molecule has 0 radical (unpaired) electrons. The van der Waals surface area contributed by atoms with Crippen LogP contribution in [-0.2, 0) is 15.9 Å². The predicted molar refractivity (Wildman–Crippen MR) is 77.8 cm³/mol. The van der Waals surface area contributed by atoms with Gasteiger partial charge in [-0.3, -0.25) is 0 Å². The lowest BCUT2D eigenvalue weighted by Crippen LogP contribution is -2.34. The maximum atomic E-state index is 12.7. The average molecular weight is 302 g/mol. The van der Waals surface area contributed by atoms with Crippen molar-refractivity contribution >= 4 is 21.6 Å². The van der Waals surface area contributed by atoms with Gasteiger partial charge in [-0.1, -0.05) is 25.1 Å². The molecule has 19 heavy (non-hydrogen) atoms. The minimum absolute atomic E-state index is 0.221. The van der Waals surface area contributed by atoms with E-state index >= 15 is 0 Å². The van der Waals surface area contributed by atoms with Crippen LogP contribution in [0.2, 0.25) is 0 Å². The molecule has 1 aromatic carbocycles. The highest BCUT2D eigenvalue weighted by Gasteiger charge is 2.32. The molecule has 3 nitrogen and oxygen atoms in total. The number of hydrogen-bond donors (Lipinski definition) is 0. The van der Waals surface area contributed by atoms with Crippen molar-refractivity contribution in [2.24, 2.45) is 5.92 Å². The Morgan fingerprint density at radius 1 is 1.32 bits per heavy atom. The second-order valence-electron chi connectivity index (χ2n) is 5.05. The molecule has 0 N–H and O–H groups in total. The van der Waals surface area contributed by atoms with E-state index < -0.39 is 10.0 Å². The van der Waals surface area contributed by atoms with Gasteiger partial charge in [0, 0.05) is 19.0 Å². The molecule has 5 heteroatoms. The molecule has 106 valence electrons. The standard InChI is InChI=1S/C14H20ClNO2S/c1-2-9-16(11-12-7-8-12)19(17,18)14-6-4-3-5-13(14)10-15/h3-6,12H,2,7-11H2,1H3. The molecule has 0 unspecified atom stereocenters. The van der Waals surface area contributed by atoms with Gasteiger partial charge < -0.3 is 0 Å². The number of nitrogens with zero attached hydrogens (tertiary/aromatic N) is 1. The quantitative estimate of drug-likeness (QED) is 0.725. The van der Waals surface area contributed by atoms with Crippen molar-refractivity contribution in [2.75, 3.05) is 13.1 Å². The summed E-state index contributed by atoms with van der Waals surface area (Å²) in [5.41, 5.74) is 0.682. The molecule has 1 saturated carbocycles. The molecule has 1 aliphatic rings. The number of hydrogen-bond acceptors (Lipinski definition) is 2. The summed E-state index contributed by atoms with van der Waals surface area (Å²) >= 11 is 5.85. The van der Waals surface area contributed by atoms with Gasteiger partial charge in [0.25, 0.3) is 0 Å². The Morgan fingerprint density at radius 2 is 2.00 bits per heavy atom. The summed E-state index contributed by atoms with van der Waals surface area (Å²) in [5.74, 6) is 0.767. The van der Waals surface area contributed by atoms with Gasteiger partial charge in [-0.25, -0.2) is 8.42 Å². The van der Waals surface area contributed by atoms with Crippen molar-refractivity contribution in [1.82, 2.24) is 4.31 Å². The Balaban J connectivity index is 2.31. The molecule has 0 bridgehead atoms. The van der Waals surface area contributed by atoms with Crippen LogP contribution in [0, 0.1) is 5.92 Å². The van der Waals surface area contributed by atoms with Crippen LogP contribution in [0.3, 0.4) is 0 Å². The van der Waals surface area contributed by atoms with Crippen molar-refractivity contribution in [2.45, 2.75) is 37.0 Å². The minimum atomic E-state index is -3.41. The highest BCUT2D eigenvalue weighted by Crippen LogP contribution is 2.32. The van der Waals surface area contributed by atoms with E-state index in [0.717, 1.165) is 19.3 Å². The van der Waals surface area contributed by atoms with Crippen LogP contribution in [0.15, 0.2) is 29.2 Å². The summed E-state index contributed by atoms with van der Waals surface area (Å²) in [5, 5.41) is 0. The van der Waals surface area contributed by atoms with Gasteiger partial charge in [0.15, 0.2) is 0 Å². The lowest BCUT2D eigenvalue weighted by Gasteiger charge is -2.22. The van der Waals surface area contributed by atoms with Crippen molar-refractivity contribution in [3.05, 3.63) is 29.8 Å². The smallest absolute Gasteiger partial charge is 0.207 e. The number of rotatable bonds is 7. The Bertz CT molecular complexity index is 526. The largest absolute Gasteiger partial charge is 0.243 e. The van der Waals surface area contributed by atoms with Crippen molar-refractivity contribution < 1.29 is 8.42 Å². The number of halogens is 1. The summed E-state index contributed by atoms with van der Waals surface area (Å²) < 4.78 is 27.1. The van der Waals surface area contributed by atoms with Crippen LogP contribution in [-0.4, -0.2) is 25.8 Å². The van der Waals surface area contributed by atoms with E-state index in [4.69, 9.17) is 11.6 Å². The highest BCUT2D eigenvalue weighted by molar-refractivity contribution is 7.89. The molecule has 1 aliphatic carbocycles. The second kappa shape index (κ2) is 6.25. The van der Waals surface area contributed by atoms with E-state index in [2.05, 4.69) is 0 Å². The molecule has 0 spiro atoms. The van der Waals surface area contributed by atoms with Gasteiger partial charge in [0.05, 0.1) is 4.90 Å². The number of alkyl halides is 1. The minimum Gasteiger partial charge on any atom is -0.207 e. The first-order valence-corrected chi connectivity index (χ1v) is 8.71. The summed E-state index contributed by atoms with van der Waals surface area (Å²) in [7, 11) is -3.41. The van der Waals surface area contributed by atoms with E-state index in [1.54, 1.807) is 22.5 Å². The van der Waals surface area contributed by atoms with E-state index in [-0.39, 0.29) is 5.88 Å². The number of benzene rings is 1. The zero-order valence-corrected chi connectivity index (χ0v) is 12.8. The molecule has 1 aromatic rings. The Labute approximate surface area is 120 Å². The fourth-order valence-corrected chi connectivity index (χ4v) is 4.29. The third-order valence-corrected chi connectivity index (χ3v) is 5.62. The average Bonchev–Trinajstić information content (AvgIpc) is 3.22. The van der Waals surface area contributed by atoms with Crippen LogP contribution in [0.25, 0.3) is 0 Å². The lowest BCUT2D eigenvalue weighted by molar-refractivity contribution is 0.395. The summed E-state index contributed by atoms with van der Waals surface area (Å²) in [6, 6.07) is 7.01. The summed E-state index contributed by atoms with van der Waals surface area (Å²) in [6.07, 6.45) is 3.12. The summed E-state index contributed by atoms with van der Waals surface area (Å²) in [4.78, 5) is 0.360. The highest BCUT2D eigenvalue weighted by atomic mass is 35.5. The fraction of sp³-hybridized carbons (Fsp3) is 0.571. The molecule has 0 aliphatic heterocycles. The number of sulfonamides is 1. The van der Waals surface area contributed by atoms with Crippen molar-refractivity contribution in [1.29, 1.82) is 0 Å². The van der Waals surface area contributed by atoms with Crippen LogP contribution >= 0.6 is 11.6 Å². The maximum absolute atomic E-state index is 12.7. The first kappa shape index (κ1) is 14.8. The third-order valence-electron chi connectivity index (χ3n) is 3.37. The third kappa shape index (κ3) is 3.50. The summed E-state index contributed by atoms with van der Waals surface area (Å²) in [6.45, 7) is 3.23. The normalized spacial score (nSPS) is 15.9. The van der Waals surface area contributed by atoms with E-state index in [0.29, 0.717) is 29.5 Å². The Hall–Kier alpha value is -0.580. The van der Waals surface area contributed by atoms with Crippen LogP contribution in [0.1, 0.15) is 31.7 Å². The molecule has 0 atom stereocenters. The van der Waals surface area contributed by atoms with Gasteiger partial charge in [-0.05, 0) is 36.8 Å². The van der Waals surface area contributed by atoms with Crippen LogP contribution in [0.5, 0.6) is 0 Å². The molecular weight excluding hydrogens is 282 g/mol.